The minimum Gasteiger partial charge on any atom is -0.361 e. The van der Waals surface area contributed by atoms with Crippen molar-refractivity contribution in [1.82, 2.24) is 31.2 Å². The Balaban J connectivity index is 1.49. The van der Waals surface area contributed by atoms with Crippen LogP contribution in [0.2, 0.25) is 0 Å². The topological polar surface area (TPSA) is 131 Å². The maximum absolute atomic E-state index is 12.9. The lowest BCUT2D eigenvalue weighted by Crippen LogP contribution is -2.55. The van der Waals surface area contributed by atoms with Gasteiger partial charge in [-0.05, 0) is 23.3 Å². The van der Waals surface area contributed by atoms with Crippen LogP contribution in [0.25, 0.3) is 21.8 Å². The molecule has 0 aliphatic rings. The van der Waals surface area contributed by atoms with Crippen LogP contribution in [0.1, 0.15) is 11.1 Å². The summed E-state index contributed by atoms with van der Waals surface area (Å²) in [6.07, 6.45) is 4.27. The molecule has 0 saturated carbocycles. The Morgan fingerprint density at radius 3 is 1.53 bits per heavy atom. The molecule has 0 aliphatic heterocycles. The zero-order valence-corrected chi connectivity index (χ0v) is 19.1. The van der Waals surface area contributed by atoms with E-state index in [1.54, 1.807) is 0 Å². The van der Waals surface area contributed by atoms with Crippen molar-refractivity contribution in [3.05, 3.63) is 72.1 Å². The highest BCUT2D eigenvalue weighted by Crippen LogP contribution is 2.20. The average molecular weight is 461 g/mol. The maximum Gasteiger partial charge on any atom is 0.316 e. The molecule has 0 bridgehead atoms. The molecule has 4 aromatic rings. The molecule has 9 nitrogen and oxygen atoms in total. The summed E-state index contributed by atoms with van der Waals surface area (Å²) >= 11 is 0. The number of urea groups is 1. The lowest BCUT2D eigenvalue weighted by atomic mass is 10.0. The average Bonchev–Trinajstić information content (AvgIpc) is 3.46. The van der Waals surface area contributed by atoms with Gasteiger partial charge in [0.15, 0.2) is 0 Å². The smallest absolute Gasteiger partial charge is 0.316 e. The molecule has 0 spiro atoms. The first-order valence-electron chi connectivity index (χ1n) is 11.1. The zero-order valence-electron chi connectivity index (χ0n) is 19.1. The lowest BCUT2D eigenvalue weighted by Gasteiger charge is -2.21. The summed E-state index contributed by atoms with van der Waals surface area (Å²) in [5.41, 5.74) is 3.73. The fourth-order valence-corrected chi connectivity index (χ4v) is 4.17. The normalized spacial score (nSPS) is 12.8. The number of aromatic amines is 2. The first-order valence-corrected chi connectivity index (χ1v) is 11.1. The first kappa shape index (κ1) is 22.9. The molecule has 9 heteroatoms. The quantitative estimate of drug-likeness (QED) is 0.240. The van der Waals surface area contributed by atoms with Crippen LogP contribution in [0.5, 0.6) is 0 Å². The van der Waals surface area contributed by atoms with Crippen LogP contribution in [0.3, 0.4) is 0 Å². The highest BCUT2D eigenvalue weighted by atomic mass is 16.2. The minimum atomic E-state index is -0.817. The summed E-state index contributed by atoms with van der Waals surface area (Å²) in [7, 11) is 3.04. The second-order valence-electron chi connectivity index (χ2n) is 8.08. The van der Waals surface area contributed by atoms with Crippen molar-refractivity contribution in [1.29, 1.82) is 0 Å². The molecule has 0 aliphatic carbocycles. The molecule has 2 aromatic carbocycles. The maximum atomic E-state index is 12.9. The van der Waals surface area contributed by atoms with Crippen molar-refractivity contribution < 1.29 is 14.4 Å². The lowest BCUT2D eigenvalue weighted by molar-refractivity contribution is -0.122. The number of amides is 4. The number of fused-ring (bicyclic) bond motifs is 2. The van der Waals surface area contributed by atoms with Gasteiger partial charge in [0.1, 0.15) is 12.1 Å². The van der Waals surface area contributed by atoms with Crippen molar-refractivity contribution in [2.75, 3.05) is 14.1 Å². The fraction of sp³-hybridized carbons (Fsp3) is 0.240. The SMILES string of the molecule is CNC(=O)C(Cc1c[nH]c2ccccc12)NC(=O)NC(Cc1c[nH]c2ccccc12)C(=O)NC. The molecule has 0 fully saturated rings. The van der Waals surface area contributed by atoms with E-state index >= 15 is 0 Å². The van der Waals surface area contributed by atoms with Crippen LogP contribution in [0.15, 0.2) is 60.9 Å². The summed E-state index contributed by atoms with van der Waals surface area (Å²) in [5, 5.41) is 12.6. The van der Waals surface area contributed by atoms with Crippen LogP contribution in [-0.2, 0) is 22.4 Å². The van der Waals surface area contributed by atoms with Crippen LogP contribution < -0.4 is 21.3 Å². The van der Waals surface area contributed by atoms with Gasteiger partial charge < -0.3 is 31.2 Å². The molecule has 6 N–H and O–H groups in total. The van der Waals surface area contributed by atoms with Crippen molar-refractivity contribution in [2.45, 2.75) is 24.9 Å². The monoisotopic (exact) mass is 460 g/mol. The predicted molar refractivity (Wildman–Crippen MR) is 131 cm³/mol. The third-order valence-electron chi connectivity index (χ3n) is 5.93. The van der Waals surface area contributed by atoms with Crippen LogP contribution in [-0.4, -0.2) is 54.0 Å². The molecule has 0 radical (unpaired) electrons. The molecule has 2 aromatic heterocycles. The molecular weight excluding hydrogens is 432 g/mol. The van der Waals surface area contributed by atoms with E-state index in [0.29, 0.717) is 12.8 Å². The van der Waals surface area contributed by atoms with Gasteiger partial charge in [0.2, 0.25) is 11.8 Å². The number of benzene rings is 2. The number of hydrogen-bond acceptors (Lipinski definition) is 3. The Morgan fingerprint density at radius 2 is 1.12 bits per heavy atom. The van der Waals surface area contributed by atoms with E-state index < -0.39 is 18.1 Å². The summed E-state index contributed by atoms with van der Waals surface area (Å²) in [6.45, 7) is 0. The Kier molecular flexibility index (Phi) is 6.82. The van der Waals surface area contributed by atoms with Gasteiger partial charge in [-0.15, -0.1) is 0 Å². The summed E-state index contributed by atoms with van der Waals surface area (Å²) in [6, 6.07) is 13.3. The number of nitrogens with one attached hydrogen (secondary N) is 6. The number of hydrogen-bond donors (Lipinski definition) is 6. The molecule has 4 rings (SSSR count). The Morgan fingerprint density at radius 1 is 0.706 bits per heavy atom. The van der Waals surface area contributed by atoms with Gasteiger partial charge in [-0.1, -0.05) is 36.4 Å². The van der Waals surface area contributed by atoms with Gasteiger partial charge in [-0.3, -0.25) is 9.59 Å². The largest absolute Gasteiger partial charge is 0.361 e. The Labute approximate surface area is 196 Å². The van der Waals surface area contributed by atoms with E-state index in [-0.39, 0.29) is 11.8 Å². The highest BCUT2D eigenvalue weighted by molar-refractivity contribution is 5.92. The number of H-pyrrole nitrogens is 2. The molecule has 2 heterocycles. The Hall–Kier alpha value is -4.27. The number of carbonyl (C=O) groups is 3. The van der Waals surface area contributed by atoms with Crippen molar-refractivity contribution >= 4 is 39.7 Å². The molecule has 0 saturated heterocycles. The minimum absolute atomic E-state index is 0.296. The molecular formula is C25H28N6O3. The second kappa shape index (κ2) is 10.1. The number of aromatic nitrogens is 2. The number of para-hydroxylation sites is 2. The third kappa shape index (κ3) is 4.88. The summed E-state index contributed by atoms with van der Waals surface area (Å²) < 4.78 is 0. The standard InChI is InChI=1S/C25H28N6O3/c1-26-23(32)21(11-15-13-28-19-9-5-3-7-17(15)19)30-25(34)31-22(24(33)27-2)12-16-14-29-20-10-6-4-8-18(16)20/h3-10,13-14,21-22,28-29H,11-12H2,1-2H3,(H,26,32)(H,27,33)(H2,30,31,34). The second-order valence-corrected chi connectivity index (χ2v) is 8.08. The third-order valence-corrected chi connectivity index (χ3v) is 5.93. The fourth-order valence-electron chi connectivity index (χ4n) is 4.17. The number of likely N-dealkylation sites (N-methyl/N-ethyl adjacent to an activating group) is 2. The van der Waals surface area contributed by atoms with Gasteiger partial charge in [0.25, 0.3) is 0 Å². The van der Waals surface area contributed by atoms with Gasteiger partial charge in [0.05, 0.1) is 0 Å². The van der Waals surface area contributed by atoms with Crippen molar-refractivity contribution in [3.8, 4) is 0 Å². The number of carbonyl (C=O) groups excluding carboxylic acids is 3. The zero-order chi connectivity index (χ0) is 24.1. The molecule has 34 heavy (non-hydrogen) atoms. The number of rotatable bonds is 8. The predicted octanol–water partition coefficient (Wildman–Crippen LogP) is 1.96. The van der Waals surface area contributed by atoms with E-state index in [1.807, 2.05) is 60.9 Å². The van der Waals surface area contributed by atoms with E-state index in [1.165, 1.54) is 14.1 Å². The van der Waals surface area contributed by atoms with Crippen molar-refractivity contribution in [3.63, 3.8) is 0 Å². The molecule has 2 unspecified atom stereocenters. The molecule has 2 atom stereocenters. The summed E-state index contributed by atoms with van der Waals surface area (Å²) in [5.74, 6) is -0.651. The van der Waals surface area contributed by atoms with E-state index in [2.05, 4.69) is 31.2 Å². The first-order chi connectivity index (χ1) is 16.5. The van der Waals surface area contributed by atoms with E-state index in [0.717, 1.165) is 32.9 Å². The van der Waals surface area contributed by atoms with Crippen LogP contribution in [0.4, 0.5) is 4.79 Å². The molecule has 4 amide bonds. The van der Waals surface area contributed by atoms with Gasteiger partial charge in [-0.2, -0.15) is 0 Å². The molecule has 176 valence electrons. The van der Waals surface area contributed by atoms with Gasteiger partial charge >= 0.3 is 6.03 Å². The highest BCUT2D eigenvalue weighted by Gasteiger charge is 2.26. The van der Waals surface area contributed by atoms with Crippen molar-refractivity contribution in [2.24, 2.45) is 0 Å². The van der Waals surface area contributed by atoms with Gasteiger partial charge in [-0.25, -0.2) is 4.79 Å². The Bertz CT molecular complexity index is 1220. The van der Waals surface area contributed by atoms with Gasteiger partial charge in [0, 0.05) is 61.1 Å². The summed E-state index contributed by atoms with van der Waals surface area (Å²) in [4.78, 5) is 44.3. The van der Waals surface area contributed by atoms with E-state index in [4.69, 9.17) is 0 Å². The van der Waals surface area contributed by atoms with Crippen LogP contribution >= 0.6 is 0 Å². The van der Waals surface area contributed by atoms with E-state index in [9.17, 15) is 14.4 Å². The van der Waals surface area contributed by atoms with Crippen LogP contribution in [0, 0.1) is 0 Å².